The molecule has 230 valence electrons. The van der Waals surface area contributed by atoms with E-state index in [0.717, 1.165) is 17.8 Å². The SMILES string of the molecule is CCOc1nc(N)nc2c1ncn2[C@@H]1O[C@](F)(CO[P@@](=O)(N[C@@H](C)C(=O)OC(C)C)Oc2ccccc2)[C@@H](O)[C@@]1(C)F. The van der Waals surface area contributed by atoms with Gasteiger partial charge in [0.2, 0.25) is 11.8 Å². The number of hydrogen-bond donors (Lipinski definition) is 3. The van der Waals surface area contributed by atoms with Gasteiger partial charge < -0.3 is 29.6 Å². The van der Waals surface area contributed by atoms with Gasteiger partial charge in [0.1, 0.15) is 18.4 Å². The summed E-state index contributed by atoms with van der Waals surface area (Å²) in [5, 5.41) is 13.2. The third-order valence-electron chi connectivity index (χ3n) is 6.13. The summed E-state index contributed by atoms with van der Waals surface area (Å²) in [5.41, 5.74) is 3.03. The number of carbonyl (C=O) groups is 1. The number of nitrogens with zero attached hydrogens (tertiary/aromatic N) is 4. The highest BCUT2D eigenvalue weighted by Gasteiger charge is 2.65. The number of rotatable bonds is 12. The molecule has 42 heavy (non-hydrogen) atoms. The van der Waals surface area contributed by atoms with E-state index in [1.165, 1.54) is 19.1 Å². The molecule has 1 aliphatic heterocycles. The molecule has 0 unspecified atom stereocenters. The molecule has 2 aromatic heterocycles. The number of imidazole rings is 1. The van der Waals surface area contributed by atoms with Crippen molar-refractivity contribution >= 4 is 30.8 Å². The Morgan fingerprint density at radius 3 is 2.60 bits per heavy atom. The molecular formula is C25H33F2N6O8P. The number of aromatic nitrogens is 4. The average molecular weight is 615 g/mol. The van der Waals surface area contributed by atoms with Gasteiger partial charge in [-0.05, 0) is 46.8 Å². The van der Waals surface area contributed by atoms with Crippen LogP contribution in [0.1, 0.15) is 40.8 Å². The van der Waals surface area contributed by atoms with Gasteiger partial charge in [0.15, 0.2) is 29.2 Å². The summed E-state index contributed by atoms with van der Waals surface area (Å²) in [7, 11) is -4.58. The van der Waals surface area contributed by atoms with Crippen LogP contribution < -0.4 is 20.1 Å². The van der Waals surface area contributed by atoms with Crippen LogP contribution in [0.5, 0.6) is 11.6 Å². The van der Waals surface area contributed by atoms with Gasteiger partial charge in [-0.1, -0.05) is 18.2 Å². The molecule has 4 rings (SSSR count). The number of ether oxygens (including phenoxy) is 3. The van der Waals surface area contributed by atoms with Crippen LogP contribution >= 0.6 is 7.75 Å². The number of nitrogens with one attached hydrogen (secondary N) is 1. The third-order valence-corrected chi connectivity index (χ3v) is 7.75. The van der Waals surface area contributed by atoms with Crippen molar-refractivity contribution in [3.05, 3.63) is 36.7 Å². The maximum Gasteiger partial charge on any atom is 0.459 e. The fourth-order valence-electron chi connectivity index (χ4n) is 4.19. The molecule has 14 nitrogen and oxygen atoms in total. The van der Waals surface area contributed by atoms with Gasteiger partial charge in [0.05, 0.1) is 19.0 Å². The summed E-state index contributed by atoms with van der Waals surface area (Å²) in [6.07, 6.45) is -3.66. The second-order valence-corrected chi connectivity index (χ2v) is 11.7. The van der Waals surface area contributed by atoms with Gasteiger partial charge in [-0.3, -0.25) is 13.9 Å². The summed E-state index contributed by atoms with van der Waals surface area (Å²) >= 11 is 0. The average Bonchev–Trinajstić information content (AvgIpc) is 3.40. The van der Waals surface area contributed by atoms with Gasteiger partial charge in [-0.25, -0.2) is 18.3 Å². The van der Waals surface area contributed by atoms with Crippen molar-refractivity contribution < 1.29 is 46.5 Å². The van der Waals surface area contributed by atoms with Crippen LogP contribution in [0, 0.1) is 0 Å². The predicted octanol–water partition coefficient (Wildman–Crippen LogP) is 3.22. The lowest BCUT2D eigenvalue weighted by Crippen LogP contribution is -2.47. The fraction of sp³-hybridized carbons (Fsp3) is 0.520. The number of nitrogens with two attached hydrogens (primary N) is 1. The normalized spacial score (nSPS) is 26.2. The Kier molecular flexibility index (Phi) is 9.04. The number of carbonyl (C=O) groups excluding carboxylic acids is 1. The largest absolute Gasteiger partial charge is 0.476 e. The number of hydrogen-bond acceptors (Lipinski definition) is 12. The maximum atomic E-state index is 16.2. The summed E-state index contributed by atoms with van der Waals surface area (Å²) in [4.78, 5) is 24.5. The van der Waals surface area contributed by atoms with Crippen molar-refractivity contribution in [2.24, 2.45) is 0 Å². The number of nitrogen functional groups attached to an aromatic ring is 1. The molecule has 1 saturated heterocycles. The monoisotopic (exact) mass is 614 g/mol. The third kappa shape index (κ3) is 6.47. The lowest BCUT2D eigenvalue weighted by Gasteiger charge is -2.28. The molecule has 1 aromatic carbocycles. The number of benzene rings is 1. The van der Waals surface area contributed by atoms with Crippen LogP contribution in [-0.4, -0.2) is 73.6 Å². The quantitative estimate of drug-likeness (QED) is 0.200. The molecule has 0 radical (unpaired) electrons. The van der Waals surface area contributed by atoms with Crippen LogP contribution in [0.15, 0.2) is 36.7 Å². The highest BCUT2D eigenvalue weighted by atomic mass is 31.2. The molecule has 0 spiro atoms. The summed E-state index contributed by atoms with van der Waals surface area (Å²) in [6, 6.07) is 6.50. The predicted molar refractivity (Wildman–Crippen MR) is 145 cm³/mol. The van der Waals surface area contributed by atoms with Crippen molar-refractivity contribution in [3.8, 4) is 11.6 Å². The zero-order valence-corrected chi connectivity index (χ0v) is 24.5. The highest BCUT2D eigenvalue weighted by Crippen LogP contribution is 2.52. The highest BCUT2D eigenvalue weighted by molar-refractivity contribution is 7.52. The van der Waals surface area contributed by atoms with E-state index < -0.39 is 56.3 Å². The van der Waals surface area contributed by atoms with Gasteiger partial charge in [-0.15, -0.1) is 0 Å². The smallest absolute Gasteiger partial charge is 0.459 e. The summed E-state index contributed by atoms with van der Waals surface area (Å²) in [5.74, 6) is -4.20. The molecule has 0 aliphatic carbocycles. The summed E-state index contributed by atoms with van der Waals surface area (Å²) < 4.78 is 73.7. The summed E-state index contributed by atoms with van der Waals surface area (Å²) in [6.45, 7) is 6.14. The standard InChI is InChI=1S/C25H33F2N6O8P/c1-6-37-19-17-18(30-23(28)31-19)33(13-29-17)22-24(5,26)21(35)25(27,40-22)12-38-42(36,41-16-10-8-7-9-11-16)32-15(4)20(34)39-14(2)3/h7-11,13-15,21-22,35H,6,12H2,1-5H3,(H,32,36)(H2,28,30,31)/t15-,21-,22+,24+,25+,42-/m0/s1. The first-order valence-electron chi connectivity index (χ1n) is 13.0. The lowest BCUT2D eigenvalue weighted by atomic mass is 9.97. The first kappa shape index (κ1) is 31.5. The van der Waals surface area contributed by atoms with Gasteiger partial charge in [0, 0.05) is 0 Å². The van der Waals surface area contributed by atoms with Crippen molar-refractivity contribution in [1.82, 2.24) is 24.6 Å². The molecule has 1 aliphatic rings. The first-order valence-corrected chi connectivity index (χ1v) is 14.6. The lowest BCUT2D eigenvalue weighted by molar-refractivity contribution is -0.202. The number of aliphatic hydroxyl groups is 1. The Morgan fingerprint density at radius 2 is 1.95 bits per heavy atom. The molecule has 1 fully saturated rings. The van der Waals surface area contributed by atoms with Gasteiger partial charge in [-0.2, -0.15) is 15.1 Å². The van der Waals surface area contributed by atoms with E-state index >= 15 is 8.78 Å². The molecule has 6 atom stereocenters. The van der Waals surface area contributed by atoms with Crippen LogP contribution in [0.2, 0.25) is 0 Å². The Hall–Kier alpha value is -3.43. The maximum absolute atomic E-state index is 16.2. The molecule has 17 heteroatoms. The van der Waals surface area contributed by atoms with E-state index in [9.17, 15) is 14.5 Å². The molecule has 0 amide bonds. The number of fused-ring (bicyclic) bond motifs is 1. The van der Waals surface area contributed by atoms with E-state index in [4.69, 9.17) is 29.0 Å². The molecule has 4 N–H and O–H groups in total. The zero-order valence-electron chi connectivity index (χ0n) is 23.6. The Balaban J connectivity index is 1.61. The van der Waals surface area contributed by atoms with Crippen molar-refractivity contribution in [2.45, 2.75) is 70.6 Å². The second-order valence-electron chi connectivity index (χ2n) is 9.97. The fourth-order valence-corrected chi connectivity index (χ4v) is 5.69. The van der Waals surface area contributed by atoms with E-state index in [1.807, 2.05) is 0 Å². The van der Waals surface area contributed by atoms with Crippen LogP contribution in [0.4, 0.5) is 14.7 Å². The van der Waals surface area contributed by atoms with E-state index in [-0.39, 0.29) is 35.3 Å². The number of aliphatic hydroxyl groups excluding tert-OH is 1. The van der Waals surface area contributed by atoms with Gasteiger partial charge in [0.25, 0.3) is 5.85 Å². The Bertz CT molecular complexity index is 1460. The van der Waals surface area contributed by atoms with Crippen molar-refractivity contribution in [1.29, 1.82) is 0 Å². The minimum Gasteiger partial charge on any atom is -0.476 e. The topological polar surface area (TPSA) is 182 Å². The van der Waals surface area contributed by atoms with Crippen molar-refractivity contribution in [2.75, 3.05) is 18.9 Å². The van der Waals surface area contributed by atoms with E-state index in [1.54, 1.807) is 39.0 Å². The van der Waals surface area contributed by atoms with Crippen LogP contribution in [-0.2, 0) is 23.4 Å². The number of alkyl halides is 2. The van der Waals surface area contributed by atoms with Crippen LogP contribution in [0.3, 0.4) is 0 Å². The van der Waals surface area contributed by atoms with E-state index in [0.29, 0.717) is 0 Å². The van der Waals surface area contributed by atoms with E-state index in [2.05, 4.69) is 20.0 Å². The molecule has 3 aromatic rings. The molecule has 0 saturated carbocycles. The van der Waals surface area contributed by atoms with Crippen LogP contribution in [0.25, 0.3) is 11.2 Å². The Labute approximate surface area is 240 Å². The van der Waals surface area contributed by atoms with Gasteiger partial charge >= 0.3 is 13.7 Å². The number of halogens is 2. The Morgan fingerprint density at radius 1 is 1.26 bits per heavy atom. The number of para-hydroxylation sites is 1. The number of anilines is 1. The van der Waals surface area contributed by atoms with Crippen molar-refractivity contribution in [3.63, 3.8) is 0 Å². The minimum absolute atomic E-state index is 0.0166. The molecule has 0 bridgehead atoms. The molecule has 3 heterocycles. The number of esters is 1. The second kappa shape index (κ2) is 12.1. The zero-order chi connectivity index (χ0) is 30.9. The minimum atomic E-state index is -4.58. The molecular weight excluding hydrogens is 581 g/mol. The first-order chi connectivity index (χ1) is 19.7.